The molecule has 7 nitrogen and oxygen atoms in total. The third-order valence-electron chi connectivity index (χ3n) is 1.91. The number of H-pyrrole nitrogens is 1. The van der Waals surface area contributed by atoms with Gasteiger partial charge >= 0.3 is 0 Å². The molecule has 0 spiro atoms. The minimum atomic E-state index is -0.254. The van der Waals surface area contributed by atoms with Crippen LogP contribution in [0.3, 0.4) is 0 Å². The molecule has 2 unspecified atom stereocenters. The average Bonchev–Trinajstić information content (AvgIpc) is 2.69. The Bertz CT molecular complexity index is 284. The molecule has 1 heterocycles. The number of nitrogens with one attached hydrogen (secondary N) is 2. The molecule has 0 saturated heterocycles. The van der Waals surface area contributed by atoms with E-state index in [1.165, 1.54) is 0 Å². The second-order valence-electron chi connectivity index (χ2n) is 3.14. The lowest BCUT2D eigenvalue weighted by Crippen LogP contribution is -2.35. The summed E-state index contributed by atoms with van der Waals surface area (Å²) in [6.07, 6.45) is 0. The van der Waals surface area contributed by atoms with Crippen LogP contribution in [-0.2, 0) is 4.79 Å². The molecular formula is C7H14N6O. The minimum absolute atomic E-state index is 0.107. The molecule has 0 radical (unpaired) electrons. The third-order valence-corrected chi connectivity index (χ3v) is 1.91. The summed E-state index contributed by atoms with van der Waals surface area (Å²) in [5.41, 5.74) is 5.36. The molecule has 1 rings (SSSR count). The molecule has 0 saturated carbocycles. The molecule has 0 aromatic carbocycles. The van der Waals surface area contributed by atoms with Gasteiger partial charge in [-0.2, -0.15) is 5.21 Å². The highest BCUT2D eigenvalue weighted by atomic mass is 16.1. The number of hydrogen-bond donors (Lipinski definition) is 3. The van der Waals surface area contributed by atoms with Gasteiger partial charge in [0, 0.05) is 12.5 Å². The summed E-state index contributed by atoms with van der Waals surface area (Å²) in [4.78, 5) is 11.4. The van der Waals surface area contributed by atoms with E-state index in [1.807, 2.05) is 0 Å². The van der Waals surface area contributed by atoms with Gasteiger partial charge in [-0.3, -0.25) is 4.79 Å². The maximum atomic E-state index is 11.4. The van der Waals surface area contributed by atoms with Crippen molar-refractivity contribution in [3.63, 3.8) is 0 Å². The lowest BCUT2D eigenvalue weighted by molar-refractivity contribution is -0.124. The van der Waals surface area contributed by atoms with Gasteiger partial charge < -0.3 is 11.1 Å². The van der Waals surface area contributed by atoms with Gasteiger partial charge in [0.25, 0.3) is 0 Å². The minimum Gasteiger partial charge on any atom is -0.346 e. The smallest absolute Gasteiger partial charge is 0.224 e. The summed E-state index contributed by atoms with van der Waals surface area (Å²) >= 11 is 0. The van der Waals surface area contributed by atoms with E-state index in [4.69, 9.17) is 5.73 Å². The predicted octanol–water partition coefficient (Wildman–Crippen LogP) is -1.03. The van der Waals surface area contributed by atoms with E-state index in [9.17, 15) is 4.79 Å². The van der Waals surface area contributed by atoms with Gasteiger partial charge in [0.2, 0.25) is 5.91 Å². The van der Waals surface area contributed by atoms with Crippen LogP contribution in [-0.4, -0.2) is 33.1 Å². The van der Waals surface area contributed by atoms with Crippen molar-refractivity contribution < 1.29 is 4.79 Å². The molecule has 0 aliphatic carbocycles. The maximum Gasteiger partial charge on any atom is 0.224 e. The van der Waals surface area contributed by atoms with Crippen molar-refractivity contribution in [2.45, 2.75) is 19.9 Å². The van der Waals surface area contributed by atoms with Crippen LogP contribution in [0.2, 0.25) is 0 Å². The number of aromatic amines is 1. The average molecular weight is 198 g/mol. The number of nitrogens with zero attached hydrogens (tertiary/aromatic N) is 3. The molecule has 7 heteroatoms. The Morgan fingerprint density at radius 3 is 2.86 bits per heavy atom. The van der Waals surface area contributed by atoms with Crippen molar-refractivity contribution in [3.05, 3.63) is 5.82 Å². The summed E-state index contributed by atoms with van der Waals surface area (Å²) < 4.78 is 0. The Labute approximate surface area is 81.4 Å². The highest BCUT2D eigenvalue weighted by molar-refractivity contribution is 5.78. The van der Waals surface area contributed by atoms with Gasteiger partial charge in [0.1, 0.15) is 0 Å². The van der Waals surface area contributed by atoms with Gasteiger partial charge in [-0.25, -0.2) is 0 Å². The first-order chi connectivity index (χ1) is 6.65. The number of amides is 1. The van der Waals surface area contributed by atoms with Crippen LogP contribution in [0.15, 0.2) is 0 Å². The number of tetrazole rings is 1. The number of rotatable bonds is 4. The number of nitrogens with two attached hydrogens (primary N) is 1. The van der Waals surface area contributed by atoms with E-state index in [-0.39, 0.29) is 17.9 Å². The van der Waals surface area contributed by atoms with E-state index in [1.54, 1.807) is 13.8 Å². The second-order valence-corrected chi connectivity index (χ2v) is 3.14. The molecule has 1 aromatic rings. The van der Waals surface area contributed by atoms with E-state index >= 15 is 0 Å². The maximum absolute atomic E-state index is 11.4. The van der Waals surface area contributed by atoms with Crippen LogP contribution in [0.25, 0.3) is 0 Å². The summed E-state index contributed by atoms with van der Waals surface area (Å²) in [6.45, 7) is 3.87. The predicted molar refractivity (Wildman–Crippen MR) is 49.0 cm³/mol. The normalized spacial score (nSPS) is 14.8. The zero-order chi connectivity index (χ0) is 10.6. The molecular weight excluding hydrogens is 184 g/mol. The highest BCUT2D eigenvalue weighted by Gasteiger charge is 2.16. The zero-order valence-electron chi connectivity index (χ0n) is 8.19. The lowest BCUT2D eigenvalue weighted by atomic mass is 10.1. The van der Waals surface area contributed by atoms with E-state index in [2.05, 4.69) is 25.9 Å². The largest absolute Gasteiger partial charge is 0.346 e. The molecule has 2 atom stereocenters. The van der Waals surface area contributed by atoms with Crippen LogP contribution in [0.5, 0.6) is 0 Å². The highest BCUT2D eigenvalue weighted by Crippen LogP contribution is 2.04. The molecule has 0 bridgehead atoms. The van der Waals surface area contributed by atoms with Crippen molar-refractivity contribution in [1.82, 2.24) is 25.9 Å². The fraction of sp³-hybridized carbons (Fsp3) is 0.714. The summed E-state index contributed by atoms with van der Waals surface area (Å²) in [6, 6.07) is -0.254. The standard InChI is InChI=1S/C7H14N6O/c1-4(3-8)7(14)9-5(2)6-10-12-13-11-6/h4-5H,3,8H2,1-2H3,(H,9,14)(H,10,11,12,13). The molecule has 4 N–H and O–H groups in total. The second kappa shape index (κ2) is 4.66. The molecule has 0 aliphatic rings. The zero-order valence-corrected chi connectivity index (χ0v) is 8.19. The van der Waals surface area contributed by atoms with Crippen LogP contribution in [0.1, 0.15) is 25.7 Å². The van der Waals surface area contributed by atoms with Gasteiger partial charge in [-0.05, 0) is 6.92 Å². The monoisotopic (exact) mass is 198 g/mol. The summed E-state index contributed by atoms with van der Waals surface area (Å²) in [7, 11) is 0. The summed E-state index contributed by atoms with van der Waals surface area (Å²) in [5.74, 6) is 0.150. The number of hydrogen-bond acceptors (Lipinski definition) is 5. The third kappa shape index (κ3) is 2.49. The Hall–Kier alpha value is -1.50. The van der Waals surface area contributed by atoms with Crippen molar-refractivity contribution in [2.75, 3.05) is 6.54 Å². The van der Waals surface area contributed by atoms with Crippen LogP contribution in [0, 0.1) is 5.92 Å². The quantitative estimate of drug-likeness (QED) is 0.573. The van der Waals surface area contributed by atoms with E-state index < -0.39 is 0 Å². The van der Waals surface area contributed by atoms with Crippen molar-refractivity contribution in [1.29, 1.82) is 0 Å². The van der Waals surface area contributed by atoms with Gasteiger partial charge in [-0.1, -0.05) is 12.1 Å². The first-order valence-corrected chi connectivity index (χ1v) is 4.39. The summed E-state index contributed by atoms with van der Waals surface area (Å²) in [5, 5.41) is 16.0. The van der Waals surface area contributed by atoms with Gasteiger partial charge in [0.15, 0.2) is 5.82 Å². The fourth-order valence-electron chi connectivity index (χ4n) is 0.880. The topological polar surface area (TPSA) is 110 Å². The molecule has 1 amide bonds. The molecule has 78 valence electrons. The van der Waals surface area contributed by atoms with Crippen molar-refractivity contribution >= 4 is 5.91 Å². The van der Waals surface area contributed by atoms with E-state index in [0.717, 1.165) is 0 Å². The lowest BCUT2D eigenvalue weighted by Gasteiger charge is -2.13. The molecule has 1 aromatic heterocycles. The molecule has 0 aliphatic heterocycles. The van der Waals surface area contributed by atoms with Crippen LogP contribution in [0.4, 0.5) is 0 Å². The Morgan fingerprint density at radius 2 is 2.36 bits per heavy atom. The van der Waals surface area contributed by atoms with Gasteiger partial charge in [0.05, 0.1) is 6.04 Å². The SMILES string of the molecule is CC(CN)C(=O)NC(C)c1nn[nH]n1. The van der Waals surface area contributed by atoms with Crippen LogP contribution < -0.4 is 11.1 Å². The fourth-order valence-corrected chi connectivity index (χ4v) is 0.880. The van der Waals surface area contributed by atoms with E-state index in [0.29, 0.717) is 12.4 Å². The Balaban J connectivity index is 2.49. The van der Waals surface area contributed by atoms with Gasteiger partial charge in [-0.15, -0.1) is 10.2 Å². The Kier molecular flexibility index (Phi) is 3.52. The first kappa shape index (κ1) is 10.6. The number of carbonyl (C=O) groups is 1. The Morgan fingerprint density at radius 1 is 1.64 bits per heavy atom. The number of carbonyl (C=O) groups excluding carboxylic acids is 1. The number of aromatic nitrogens is 4. The first-order valence-electron chi connectivity index (χ1n) is 4.39. The molecule has 0 fully saturated rings. The van der Waals surface area contributed by atoms with Crippen LogP contribution >= 0.6 is 0 Å². The molecule has 14 heavy (non-hydrogen) atoms. The van der Waals surface area contributed by atoms with Crippen molar-refractivity contribution in [2.24, 2.45) is 11.7 Å². The van der Waals surface area contributed by atoms with Crippen molar-refractivity contribution in [3.8, 4) is 0 Å².